The van der Waals surface area contributed by atoms with Crippen molar-refractivity contribution in [1.29, 1.82) is 0 Å². The van der Waals surface area contributed by atoms with Crippen molar-refractivity contribution in [3.63, 3.8) is 0 Å². The van der Waals surface area contributed by atoms with Gasteiger partial charge in [0.1, 0.15) is 18.2 Å². The van der Waals surface area contributed by atoms with Gasteiger partial charge in [0.15, 0.2) is 6.29 Å². The Morgan fingerprint density at radius 2 is 1.34 bits per heavy atom. The van der Waals surface area contributed by atoms with E-state index < -0.39 is 42.5 Å². The average Bonchev–Trinajstić information content (AvgIpc) is 3.03. The number of benzene rings is 3. The van der Waals surface area contributed by atoms with Crippen LogP contribution in [-0.4, -0.2) is 57.4 Å². The normalized spacial score (nSPS) is 22.8. The van der Waals surface area contributed by atoms with E-state index >= 15 is 0 Å². The number of hydrogen-bond donors (Lipinski definition) is 0. The van der Waals surface area contributed by atoms with Crippen LogP contribution in [0.1, 0.15) is 16.7 Å². The van der Waals surface area contributed by atoms with E-state index in [2.05, 4.69) is 10.0 Å². The molecule has 4 rings (SSSR count). The highest BCUT2D eigenvalue weighted by Crippen LogP contribution is 2.36. The summed E-state index contributed by atoms with van der Waals surface area (Å²) in [4.78, 5) is 15.8. The van der Waals surface area contributed by atoms with Gasteiger partial charge in [-0.3, -0.25) is 4.79 Å². The van der Waals surface area contributed by atoms with Crippen LogP contribution in [0.25, 0.3) is 10.4 Å². The van der Waals surface area contributed by atoms with Crippen molar-refractivity contribution in [1.82, 2.24) is 0 Å². The zero-order valence-corrected chi connectivity index (χ0v) is 23.2. The molecule has 0 spiro atoms. The van der Waals surface area contributed by atoms with E-state index in [0.717, 1.165) is 16.7 Å². The number of methoxy groups -OCH3 is 2. The molecule has 41 heavy (non-hydrogen) atoms. The lowest BCUT2D eigenvalue weighted by Gasteiger charge is -2.47. The summed E-state index contributed by atoms with van der Waals surface area (Å²) in [6, 6.07) is 27.8. The molecule has 0 saturated carbocycles. The molecule has 1 aliphatic rings. The first-order valence-electron chi connectivity index (χ1n) is 13.4. The summed E-state index contributed by atoms with van der Waals surface area (Å²) in [6.07, 6.45) is -3.12. The molecular weight excluding hydrogens is 526 g/mol. The van der Waals surface area contributed by atoms with Crippen LogP contribution in [0, 0.1) is 5.92 Å². The first kappa shape index (κ1) is 30.2. The summed E-state index contributed by atoms with van der Waals surface area (Å²) in [5.74, 6) is -1.61. The van der Waals surface area contributed by atoms with Gasteiger partial charge in [0.05, 0.1) is 45.6 Å². The number of rotatable bonds is 14. The molecule has 0 amide bonds. The Morgan fingerprint density at radius 1 is 0.829 bits per heavy atom. The lowest BCUT2D eigenvalue weighted by Crippen LogP contribution is -2.61. The molecule has 0 N–H and O–H groups in total. The standard InChI is InChI=1S/C31H35N3O7/c1-36-30(35)27(33-34-32)26-29(40-20-24-16-10-5-11-17-24)28(39-19-23-14-8-4-9-15-23)25(41-31(26)37-2)21-38-18-22-12-6-3-7-13-22/h3-17,25-29,31H,18-21H2,1-2H3/t25-,26-,27-,28-,29-,31-/m1/s1. The van der Waals surface area contributed by atoms with Crippen molar-refractivity contribution < 1.29 is 33.2 Å². The van der Waals surface area contributed by atoms with Gasteiger partial charge in [-0.05, 0) is 22.2 Å². The second-order valence-electron chi connectivity index (χ2n) is 9.55. The van der Waals surface area contributed by atoms with Crippen LogP contribution in [-0.2, 0) is 53.0 Å². The van der Waals surface area contributed by atoms with E-state index in [0.29, 0.717) is 6.61 Å². The van der Waals surface area contributed by atoms with Crippen LogP contribution in [0.4, 0.5) is 0 Å². The number of hydrogen-bond acceptors (Lipinski definition) is 8. The van der Waals surface area contributed by atoms with Gasteiger partial charge in [0.25, 0.3) is 0 Å². The van der Waals surface area contributed by atoms with E-state index in [1.54, 1.807) is 0 Å². The minimum atomic E-state index is -1.29. The van der Waals surface area contributed by atoms with Gasteiger partial charge in [-0.15, -0.1) is 0 Å². The number of carbonyl (C=O) groups excluding carboxylic acids is 1. The minimum absolute atomic E-state index is 0.163. The lowest BCUT2D eigenvalue weighted by molar-refractivity contribution is -0.302. The quantitative estimate of drug-likeness (QED) is 0.115. The fourth-order valence-electron chi connectivity index (χ4n) is 4.87. The Bertz CT molecular complexity index is 1240. The molecule has 1 saturated heterocycles. The second kappa shape index (κ2) is 15.9. The topological polar surface area (TPSA) is 121 Å². The number of esters is 1. The average molecular weight is 562 g/mol. The van der Waals surface area contributed by atoms with Crippen molar-refractivity contribution in [3.05, 3.63) is 118 Å². The summed E-state index contributed by atoms with van der Waals surface area (Å²) in [6.45, 7) is 0.998. The first-order chi connectivity index (χ1) is 20.1. The number of nitrogens with zero attached hydrogens (tertiary/aromatic N) is 3. The predicted molar refractivity (Wildman–Crippen MR) is 150 cm³/mol. The molecule has 0 aliphatic carbocycles. The Labute approximate surface area is 239 Å². The Morgan fingerprint density at radius 3 is 1.83 bits per heavy atom. The Balaban J connectivity index is 1.66. The van der Waals surface area contributed by atoms with Crippen LogP contribution in [0.15, 0.2) is 96.1 Å². The van der Waals surface area contributed by atoms with Crippen molar-refractivity contribution in [2.24, 2.45) is 11.0 Å². The van der Waals surface area contributed by atoms with Crippen LogP contribution in [0.2, 0.25) is 0 Å². The second-order valence-corrected chi connectivity index (χ2v) is 9.55. The third-order valence-electron chi connectivity index (χ3n) is 6.87. The number of carbonyl (C=O) groups is 1. The molecule has 216 valence electrons. The molecule has 0 aromatic heterocycles. The van der Waals surface area contributed by atoms with Crippen LogP contribution < -0.4 is 0 Å². The number of azide groups is 1. The van der Waals surface area contributed by atoms with E-state index in [-0.39, 0.29) is 19.8 Å². The lowest BCUT2D eigenvalue weighted by atomic mass is 9.85. The van der Waals surface area contributed by atoms with Crippen molar-refractivity contribution in [2.45, 2.75) is 50.5 Å². The van der Waals surface area contributed by atoms with Gasteiger partial charge in [-0.25, -0.2) is 0 Å². The van der Waals surface area contributed by atoms with Crippen molar-refractivity contribution >= 4 is 5.97 Å². The summed E-state index contributed by atoms with van der Waals surface area (Å²) < 4.78 is 36.1. The molecule has 1 aliphatic heterocycles. The van der Waals surface area contributed by atoms with E-state index in [1.165, 1.54) is 14.2 Å². The van der Waals surface area contributed by atoms with Crippen LogP contribution in [0.3, 0.4) is 0 Å². The van der Waals surface area contributed by atoms with E-state index in [1.807, 2.05) is 91.0 Å². The molecule has 3 aromatic rings. The predicted octanol–water partition coefficient (Wildman–Crippen LogP) is 5.21. The van der Waals surface area contributed by atoms with Crippen LogP contribution >= 0.6 is 0 Å². The first-order valence-corrected chi connectivity index (χ1v) is 13.4. The minimum Gasteiger partial charge on any atom is -0.469 e. The molecule has 10 nitrogen and oxygen atoms in total. The van der Waals surface area contributed by atoms with Crippen LogP contribution in [0.5, 0.6) is 0 Å². The summed E-state index contributed by atoms with van der Waals surface area (Å²) in [7, 11) is 2.69. The third kappa shape index (κ3) is 8.37. The highest BCUT2D eigenvalue weighted by Gasteiger charge is 2.52. The maximum Gasteiger partial charge on any atom is 0.315 e. The SMILES string of the molecule is COC(=O)[C@H](N=[N+]=[N-])[C@H]1[C@H](OC)O[C@H](COCc2ccccc2)[C@@H](OCc2ccccc2)[C@@H]1OCc1ccccc1. The maximum absolute atomic E-state index is 12.9. The van der Waals surface area contributed by atoms with Gasteiger partial charge in [-0.1, -0.05) is 96.1 Å². The highest BCUT2D eigenvalue weighted by atomic mass is 16.7. The van der Waals surface area contributed by atoms with Gasteiger partial charge in [0, 0.05) is 12.0 Å². The van der Waals surface area contributed by atoms with Crippen molar-refractivity contribution in [2.75, 3.05) is 20.8 Å². The van der Waals surface area contributed by atoms with E-state index in [4.69, 9.17) is 28.4 Å². The monoisotopic (exact) mass is 561 g/mol. The summed E-state index contributed by atoms with van der Waals surface area (Å²) in [5.41, 5.74) is 12.2. The zero-order valence-electron chi connectivity index (χ0n) is 23.2. The molecule has 0 bridgehead atoms. The highest BCUT2D eigenvalue weighted by molar-refractivity contribution is 5.76. The zero-order chi connectivity index (χ0) is 28.9. The fraction of sp³-hybridized carbons (Fsp3) is 0.387. The molecule has 10 heteroatoms. The molecule has 0 radical (unpaired) electrons. The fourth-order valence-corrected chi connectivity index (χ4v) is 4.87. The number of ether oxygens (including phenoxy) is 6. The van der Waals surface area contributed by atoms with E-state index in [9.17, 15) is 10.3 Å². The molecule has 6 atom stereocenters. The van der Waals surface area contributed by atoms with Gasteiger partial charge in [-0.2, -0.15) is 0 Å². The van der Waals surface area contributed by atoms with Crippen molar-refractivity contribution in [3.8, 4) is 0 Å². The van der Waals surface area contributed by atoms with Gasteiger partial charge >= 0.3 is 5.97 Å². The molecular formula is C31H35N3O7. The molecule has 3 aromatic carbocycles. The largest absolute Gasteiger partial charge is 0.469 e. The molecule has 1 fully saturated rings. The van der Waals surface area contributed by atoms with Gasteiger partial charge < -0.3 is 28.4 Å². The Hall–Kier alpha value is -3.76. The Kier molecular flexibility index (Phi) is 11.7. The molecule has 0 unspecified atom stereocenters. The third-order valence-corrected chi connectivity index (χ3v) is 6.87. The maximum atomic E-state index is 12.9. The summed E-state index contributed by atoms with van der Waals surface area (Å²) >= 11 is 0. The smallest absolute Gasteiger partial charge is 0.315 e. The molecule has 1 heterocycles. The summed E-state index contributed by atoms with van der Waals surface area (Å²) in [5, 5.41) is 3.78. The van der Waals surface area contributed by atoms with Gasteiger partial charge in [0.2, 0.25) is 0 Å².